The average molecular weight is 347 g/mol. The number of hydrogen-bond donors (Lipinski definition) is 0. The standard InChI is InChI=1S/C25H46/c1-3-5-7-8-9-11-15-23(14-10-6-4-2)16-12-13-19-25-20-17-24(22-25)18-21-25/h17,20,23-24H,3-16,18-19,21-22H2,1-2H3. The fourth-order valence-corrected chi connectivity index (χ4v) is 5.40. The van der Waals surface area contributed by atoms with Crippen molar-refractivity contribution in [1.29, 1.82) is 0 Å². The van der Waals surface area contributed by atoms with Crippen LogP contribution in [0.15, 0.2) is 12.2 Å². The SMILES string of the molecule is CCCCCCCCC(CCCCC)CCCCC12C=CC(CC1)C2. The van der Waals surface area contributed by atoms with Gasteiger partial charge in [-0.05, 0) is 42.9 Å². The minimum Gasteiger partial charge on any atom is -0.0848 e. The van der Waals surface area contributed by atoms with Crippen molar-refractivity contribution in [3.63, 3.8) is 0 Å². The van der Waals surface area contributed by atoms with E-state index in [2.05, 4.69) is 26.0 Å². The smallest absolute Gasteiger partial charge is 0.0112 e. The van der Waals surface area contributed by atoms with Gasteiger partial charge in [-0.3, -0.25) is 0 Å². The third-order valence-corrected chi connectivity index (χ3v) is 7.12. The summed E-state index contributed by atoms with van der Waals surface area (Å²) in [6.45, 7) is 4.66. The molecule has 0 aliphatic heterocycles. The molecule has 2 aliphatic carbocycles. The van der Waals surface area contributed by atoms with E-state index in [0.717, 1.165) is 11.8 Å². The van der Waals surface area contributed by atoms with Crippen LogP contribution in [0.1, 0.15) is 129 Å². The molecule has 0 heterocycles. The van der Waals surface area contributed by atoms with E-state index in [0.29, 0.717) is 5.41 Å². The largest absolute Gasteiger partial charge is 0.0848 e. The Bertz CT molecular complexity index is 355. The molecule has 1 fully saturated rings. The number of unbranched alkanes of at least 4 members (excludes halogenated alkanes) is 8. The highest BCUT2D eigenvalue weighted by Crippen LogP contribution is 2.52. The topological polar surface area (TPSA) is 0 Å². The van der Waals surface area contributed by atoms with Gasteiger partial charge < -0.3 is 0 Å². The molecular formula is C25H46. The molecule has 3 unspecified atom stereocenters. The van der Waals surface area contributed by atoms with Crippen LogP contribution in [0.2, 0.25) is 0 Å². The zero-order chi connectivity index (χ0) is 17.8. The number of fused-ring (bicyclic) bond motifs is 2. The van der Waals surface area contributed by atoms with Crippen molar-refractivity contribution >= 4 is 0 Å². The Morgan fingerprint density at radius 2 is 1.40 bits per heavy atom. The predicted molar refractivity (Wildman–Crippen MR) is 113 cm³/mol. The first kappa shape index (κ1) is 21.0. The normalized spacial score (nSPS) is 25.8. The maximum Gasteiger partial charge on any atom is -0.0112 e. The highest BCUT2D eigenvalue weighted by atomic mass is 14.4. The van der Waals surface area contributed by atoms with E-state index in [9.17, 15) is 0 Å². The van der Waals surface area contributed by atoms with Crippen molar-refractivity contribution in [2.45, 2.75) is 129 Å². The van der Waals surface area contributed by atoms with Crippen molar-refractivity contribution in [2.24, 2.45) is 17.3 Å². The van der Waals surface area contributed by atoms with Crippen molar-refractivity contribution in [3.8, 4) is 0 Å². The molecule has 1 saturated carbocycles. The maximum atomic E-state index is 2.59. The second kappa shape index (κ2) is 12.2. The summed E-state index contributed by atoms with van der Waals surface area (Å²) in [5.41, 5.74) is 0.654. The number of rotatable bonds is 16. The first-order valence-electron chi connectivity index (χ1n) is 12.0. The molecule has 0 aromatic rings. The lowest BCUT2D eigenvalue weighted by Crippen LogP contribution is -2.11. The summed E-state index contributed by atoms with van der Waals surface area (Å²) in [7, 11) is 0. The molecule has 3 atom stereocenters. The Morgan fingerprint density at radius 1 is 0.800 bits per heavy atom. The molecular weight excluding hydrogens is 300 g/mol. The van der Waals surface area contributed by atoms with Crippen molar-refractivity contribution < 1.29 is 0 Å². The van der Waals surface area contributed by atoms with E-state index in [-0.39, 0.29) is 0 Å². The van der Waals surface area contributed by atoms with Crippen LogP contribution >= 0.6 is 0 Å². The van der Waals surface area contributed by atoms with Crippen molar-refractivity contribution in [3.05, 3.63) is 12.2 Å². The van der Waals surface area contributed by atoms with Crippen LogP contribution in [0.3, 0.4) is 0 Å². The molecule has 0 spiro atoms. The fraction of sp³-hybridized carbons (Fsp3) is 0.920. The van der Waals surface area contributed by atoms with E-state index in [1.165, 1.54) is 116 Å². The van der Waals surface area contributed by atoms with Gasteiger partial charge in [0.25, 0.3) is 0 Å². The van der Waals surface area contributed by atoms with Gasteiger partial charge in [-0.15, -0.1) is 0 Å². The fourth-order valence-electron chi connectivity index (χ4n) is 5.40. The molecule has 0 nitrogen and oxygen atoms in total. The van der Waals surface area contributed by atoms with E-state index in [1.54, 1.807) is 0 Å². The third kappa shape index (κ3) is 7.88. The van der Waals surface area contributed by atoms with Gasteiger partial charge in [0.2, 0.25) is 0 Å². The van der Waals surface area contributed by atoms with Crippen LogP contribution < -0.4 is 0 Å². The lowest BCUT2D eigenvalue weighted by Gasteiger charge is -2.24. The average Bonchev–Trinajstić information content (AvgIpc) is 3.22. The third-order valence-electron chi connectivity index (χ3n) is 7.12. The second-order valence-corrected chi connectivity index (χ2v) is 9.39. The van der Waals surface area contributed by atoms with Gasteiger partial charge in [0, 0.05) is 0 Å². The van der Waals surface area contributed by atoms with Crippen LogP contribution in [0.25, 0.3) is 0 Å². The molecule has 2 rings (SSSR count). The Balaban J connectivity index is 1.57. The molecule has 2 bridgehead atoms. The van der Waals surface area contributed by atoms with Gasteiger partial charge in [0.05, 0.1) is 0 Å². The summed E-state index contributed by atoms with van der Waals surface area (Å²) in [5, 5.41) is 0. The van der Waals surface area contributed by atoms with E-state index >= 15 is 0 Å². The summed E-state index contributed by atoms with van der Waals surface area (Å²) >= 11 is 0. The lowest BCUT2D eigenvalue weighted by molar-refractivity contribution is 0.326. The van der Waals surface area contributed by atoms with Gasteiger partial charge in [0.15, 0.2) is 0 Å². The van der Waals surface area contributed by atoms with Gasteiger partial charge >= 0.3 is 0 Å². The van der Waals surface area contributed by atoms with Crippen LogP contribution in [0, 0.1) is 17.3 Å². The van der Waals surface area contributed by atoms with E-state index in [1.807, 2.05) is 0 Å². The molecule has 0 saturated heterocycles. The molecule has 2 aliphatic rings. The maximum absolute atomic E-state index is 2.59. The molecule has 0 N–H and O–H groups in total. The number of hydrogen-bond acceptors (Lipinski definition) is 0. The van der Waals surface area contributed by atoms with Crippen LogP contribution in [0.5, 0.6) is 0 Å². The van der Waals surface area contributed by atoms with E-state index < -0.39 is 0 Å². The minimum absolute atomic E-state index is 0.654. The Morgan fingerprint density at radius 3 is 2.00 bits per heavy atom. The number of allylic oxidation sites excluding steroid dienone is 2. The summed E-state index contributed by atoms with van der Waals surface area (Å²) in [4.78, 5) is 0. The van der Waals surface area contributed by atoms with Gasteiger partial charge in [-0.1, -0.05) is 116 Å². The highest BCUT2D eigenvalue weighted by Gasteiger charge is 2.39. The molecule has 146 valence electrons. The zero-order valence-corrected chi connectivity index (χ0v) is 17.5. The summed E-state index contributed by atoms with van der Waals surface area (Å²) < 4.78 is 0. The van der Waals surface area contributed by atoms with Gasteiger partial charge in [-0.25, -0.2) is 0 Å². The molecule has 25 heavy (non-hydrogen) atoms. The quantitative estimate of drug-likeness (QED) is 0.193. The molecule has 0 heteroatoms. The van der Waals surface area contributed by atoms with Crippen LogP contribution in [0.4, 0.5) is 0 Å². The predicted octanol–water partition coefficient (Wildman–Crippen LogP) is 8.85. The van der Waals surface area contributed by atoms with Crippen LogP contribution in [-0.4, -0.2) is 0 Å². The van der Waals surface area contributed by atoms with Crippen molar-refractivity contribution in [1.82, 2.24) is 0 Å². The highest BCUT2D eigenvalue weighted by molar-refractivity contribution is 5.15. The Labute approximate surface area is 159 Å². The monoisotopic (exact) mass is 346 g/mol. The molecule has 0 radical (unpaired) electrons. The zero-order valence-electron chi connectivity index (χ0n) is 17.5. The lowest BCUT2D eigenvalue weighted by atomic mass is 9.81. The minimum atomic E-state index is 0.654. The second-order valence-electron chi connectivity index (χ2n) is 9.39. The molecule has 0 aromatic heterocycles. The van der Waals surface area contributed by atoms with Gasteiger partial charge in [-0.2, -0.15) is 0 Å². The van der Waals surface area contributed by atoms with Crippen molar-refractivity contribution in [2.75, 3.05) is 0 Å². The van der Waals surface area contributed by atoms with E-state index in [4.69, 9.17) is 0 Å². The summed E-state index contributed by atoms with van der Waals surface area (Å²) in [6, 6.07) is 0. The first-order valence-corrected chi connectivity index (χ1v) is 12.0. The Kier molecular flexibility index (Phi) is 10.3. The molecule has 0 amide bonds. The summed E-state index contributed by atoms with van der Waals surface area (Å²) in [5.74, 6) is 1.99. The van der Waals surface area contributed by atoms with Crippen LogP contribution in [-0.2, 0) is 0 Å². The first-order chi connectivity index (χ1) is 12.3. The van der Waals surface area contributed by atoms with Gasteiger partial charge in [0.1, 0.15) is 0 Å². The molecule has 0 aromatic carbocycles. The summed E-state index contributed by atoms with van der Waals surface area (Å²) in [6.07, 6.45) is 31.6. The Hall–Kier alpha value is -0.260.